The van der Waals surface area contributed by atoms with Gasteiger partial charge in [0.1, 0.15) is 0 Å². The molecule has 1 aliphatic rings. The van der Waals surface area contributed by atoms with Crippen LogP contribution >= 0.6 is 23.5 Å². The van der Waals surface area contributed by atoms with Gasteiger partial charge in [0.25, 0.3) is 5.56 Å². The van der Waals surface area contributed by atoms with Crippen molar-refractivity contribution < 1.29 is 0 Å². The maximum Gasteiger partial charge on any atom is 0.272 e. The molecule has 4 rings (SSSR count). The van der Waals surface area contributed by atoms with E-state index < -0.39 is 0 Å². The molecule has 1 aromatic carbocycles. The van der Waals surface area contributed by atoms with Gasteiger partial charge in [-0.25, -0.2) is 4.98 Å². The van der Waals surface area contributed by atoms with Crippen LogP contribution in [0.5, 0.6) is 0 Å². The first kappa shape index (κ1) is 18.3. The Morgan fingerprint density at radius 3 is 2.74 bits per heavy atom. The van der Waals surface area contributed by atoms with Crippen LogP contribution in [0.4, 0.5) is 0 Å². The largest absolute Gasteiger partial charge is 0.272 e. The van der Waals surface area contributed by atoms with E-state index in [1.54, 1.807) is 34.3 Å². The van der Waals surface area contributed by atoms with E-state index >= 15 is 0 Å². The lowest BCUT2D eigenvalue weighted by Gasteiger charge is -2.15. The average molecular weight is 396 g/mol. The molecule has 6 heteroatoms. The number of thioether (sulfide) groups is 2. The summed E-state index contributed by atoms with van der Waals surface area (Å²) >= 11 is 3.23. The van der Waals surface area contributed by atoms with Crippen LogP contribution < -0.4 is 5.56 Å². The van der Waals surface area contributed by atoms with Crippen LogP contribution in [0.2, 0.25) is 0 Å². The van der Waals surface area contributed by atoms with E-state index in [0.717, 1.165) is 50.3 Å². The highest BCUT2D eigenvalue weighted by molar-refractivity contribution is 8.00. The second kappa shape index (κ2) is 7.52. The van der Waals surface area contributed by atoms with E-state index in [-0.39, 0.29) is 5.56 Å². The highest BCUT2D eigenvalue weighted by Crippen LogP contribution is 2.35. The summed E-state index contributed by atoms with van der Waals surface area (Å²) in [6.45, 7) is 6.26. The highest BCUT2D eigenvalue weighted by atomic mass is 32.2. The van der Waals surface area contributed by atoms with Crippen molar-refractivity contribution >= 4 is 23.5 Å². The molecule has 4 nitrogen and oxygen atoms in total. The molecule has 27 heavy (non-hydrogen) atoms. The Morgan fingerprint density at radius 2 is 2.04 bits per heavy atom. The third-order valence-corrected chi connectivity index (χ3v) is 6.66. The van der Waals surface area contributed by atoms with E-state index in [1.807, 2.05) is 18.3 Å². The van der Waals surface area contributed by atoms with Gasteiger partial charge < -0.3 is 0 Å². The summed E-state index contributed by atoms with van der Waals surface area (Å²) < 4.78 is 1.78. The molecule has 0 saturated heterocycles. The summed E-state index contributed by atoms with van der Waals surface area (Å²) in [7, 11) is 0. The monoisotopic (exact) mass is 395 g/mol. The number of hydrogen-bond donors (Lipinski definition) is 0. The lowest BCUT2D eigenvalue weighted by Crippen LogP contribution is -2.24. The zero-order chi connectivity index (χ0) is 19.0. The molecule has 1 atom stereocenters. The second-order valence-electron chi connectivity index (χ2n) is 6.94. The van der Waals surface area contributed by atoms with Crippen LogP contribution in [-0.4, -0.2) is 19.8 Å². The summed E-state index contributed by atoms with van der Waals surface area (Å²) in [5, 5.41) is 1.15. The van der Waals surface area contributed by atoms with Gasteiger partial charge in [0.05, 0.1) is 16.3 Å². The molecule has 138 valence electrons. The summed E-state index contributed by atoms with van der Waals surface area (Å²) in [6, 6.07) is 10.2. The smallest absolute Gasteiger partial charge is 0.268 e. The zero-order valence-corrected chi connectivity index (χ0v) is 17.2. The van der Waals surface area contributed by atoms with Gasteiger partial charge in [-0.3, -0.25) is 14.3 Å². The number of nitrogens with zero attached hydrogens (tertiary/aromatic N) is 3. The Bertz CT molecular complexity index is 1030. The Hall–Kier alpha value is -2.05. The molecule has 0 aliphatic carbocycles. The number of hydrogen-bond acceptors (Lipinski definition) is 5. The van der Waals surface area contributed by atoms with Gasteiger partial charge in [0, 0.05) is 29.8 Å². The highest BCUT2D eigenvalue weighted by Gasteiger charge is 2.27. The summed E-state index contributed by atoms with van der Waals surface area (Å²) in [5.41, 5.74) is 5.27. The van der Waals surface area contributed by atoms with Gasteiger partial charge in [-0.2, -0.15) is 0 Å². The lowest BCUT2D eigenvalue weighted by molar-refractivity contribution is 0.730. The van der Waals surface area contributed by atoms with Crippen LogP contribution in [0, 0.1) is 13.8 Å². The first-order valence-electron chi connectivity index (χ1n) is 8.94. The molecular formula is C21H21N3OS2. The van der Waals surface area contributed by atoms with Crippen LogP contribution in [0.3, 0.4) is 0 Å². The van der Waals surface area contributed by atoms with Gasteiger partial charge in [-0.15, -0.1) is 11.8 Å². The van der Waals surface area contributed by atoms with E-state index in [2.05, 4.69) is 44.0 Å². The lowest BCUT2D eigenvalue weighted by atomic mass is 10.1. The van der Waals surface area contributed by atoms with Gasteiger partial charge in [-0.1, -0.05) is 30.8 Å². The minimum absolute atomic E-state index is 0.0491. The summed E-state index contributed by atoms with van der Waals surface area (Å²) in [6.07, 6.45) is 4.48. The van der Waals surface area contributed by atoms with E-state index in [4.69, 9.17) is 4.98 Å². The first-order chi connectivity index (χ1) is 13.0. The van der Waals surface area contributed by atoms with Gasteiger partial charge >= 0.3 is 0 Å². The molecular weight excluding hydrogens is 374 g/mol. The van der Waals surface area contributed by atoms with Crippen molar-refractivity contribution in [3.8, 4) is 5.69 Å². The Morgan fingerprint density at radius 1 is 1.26 bits per heavy atom. The quantitative estimate of drug-likeness (QED) is 0.478. The SMILES string of the molecule is Cc1cc(C)cc(-n2c(SCc3cccnc3)nc3c(c2=O)SC(C)C3)c1. The molecule has 3 aromatic rings. The van der Waals surface area contributed by atoms with Crippen molar-refractivity contribution in [3.63, 3.8) is 0 Å². The second-order valence-corrected chi connectivity index (χ2v) is 9.33. The third-order valence-electron chi connectivity index (χ3n) is 4.44. The van der Waals surface area contributed by atoms with E-state index in [0.29, 0.717) is 5.25 Å². The molecule has 0 bridgehead atoms. The van der Waals surface area contributed by atoms with Gasteiger partial charge in [0.15, 0.2) is 5.16 Å². The summed E-state index contributed by atoms with van der Waals surface area (Å²) in [4.78, 5) is 23.2. The number of fused-ring (bicyclic) bond motifs is 1. The predicted molar refractivity (Wildman–Crippen MR) is 112 cm³/mol. The van der Waals surface area contributed by atoms with Crippen LogP contribution in [0.25, 0.3) is 5.69 Å². The molecule has 0 fully saturated rings. The average Bonchev–Trinajstić information content (AvgIpc) is 3.01. The van der Waals surface area contributed by atoms with Crippen LogP contribution in [0.15, 0.2) is 57.6 Å². The van der Waals surface area contributed by atoms with Crippen molar-refractivity contribution in [2.75, 3.05) is 0 Å². The minimum atomic E-state index is 0.0491. The fourth-order valence-electron chi connectivity index (χ4n) is 3.34. The Balaban J connectivity index is 1.82. The van der Waals surface area contributed by atoms with Crippen molar-refractivity contribution in [1.82, 2.24) is 14.5 Å². The topological polar surface area (TPSA) is 47.8 Å². The van der Waals surface area contributed by atoms with Crippen LogP contribution in [0.1, 0.15) is 29.3 Å². The molecule has 1 aliphatic heterocycles. The molecule has 2 aromatic heterocycles. The standard InChI is InChI=1S/C21H21N3OS2/c1-13-7-14(2)9-17(8-13)24-20(25)19-18(10-15(3)27-19)23-21(24)26-12-16-5-4-6-22-11-16/h4-9,11,15H,10,12H2,1-3H3. The van der Waals surface area contributed by atoms with Crippen molar-refractivity contribution in [2.24, 2.45) is 0 Å². The van der Waals surface area contributed by atoms with Crippen molar-refractivity contribution in [3.05, 3.63) is 75.5 Å². The molecule has 1 unspecified atom stereocenters. The minimum Gasteiger partial charge on any atom is -0.268 e. The fraction of sp³-hybridized carbons (Fsp3) is 0.286. The zero-order valence-electron chi connectivity index (χ0n) is 15.6. The number of pyridine rings is 1. The van der Waals surface area contributed by atoms with Gasteiger partial charge in [0.2, 0.25) is 0 Å². The van der Waals surface area contributed by atoms with Crippen LogP contribution in [-0.2, 0) is 12.2 Å². The fourth-order valence-corrected chi connectivity index (χ4v) is 5.40. The number of benzene rings is 1. The maximum atomic E-state index is 13.3. The van der Waals surface area contributed by atoms with E-state index in [1.165, 1.54) is 0 Å². The molecule has 0 radical (unpaired) electrons. The molecule has 3 heterocycles. The first-order valence-corrected chi connectivity index (χ1v) is 10.8. The normalized spacial score (nSPS) is 15.7. The molecule has 0 N–H and O–H groups in total. The number of rotatable bonds is 4. The molecule has 0 spiro atoms. The number of aromatic nitrogens is 3. The number of aryl methyl sites for hydroxylation is 2. The third kappa shape index (κ3) is 3.82. The molecule has 0 amide bonds. The summed E-state index contributed by atoms with van der Waals surface area (Å²) in [5.74, 6) is 0.729. The predicted octanol–water partition coefficient (Wildman–Crippen LogP) is 4.57. The molecule has 0 saturated carbocycles. The Kier molecular flexibility index (Phi) is 5.10. The van der Waals surface area contributed by atoms with Crippen molar-refractivity contribution in [2.45, 2.75) is 48.2 Å². The van der Waals surface area contributed by atoms with E-state index in [9.17, 15) is 4.79 Å². The van der Waals surface area contributed by atoms with Gasteiger partial charge in [-0.05, 0) is 48.7 Å². The van der Waals surface area contributed by atoms with Crippen molar-refractivity contribution in [1.29, 1.82) is 0 Å². The maximum absolute atomic E-state index is 13.3. The Labute approximate surface area is 167 Å².